The summed E-state index contributed by atoms with van der Waals surface area (Å²) in [5.41, 5.74) is 3.17. The Labute approximate surface area is 170 Å². The molecule has 29 heavy (non-hydrogen) atoms. The van der Waals surface area contributed by atoms with Gasteiger partial charge in [0.1, 0.15) is 11.5 Å². The zero-order chi connectivity index (χ0) is 20.4. The lowest BCUT2D eigenvalue weighted by molar-refractivity contribution is 0.0934. The minimum Gasteiger partial charge on any atom is -0.349 e. The van der Waals surface area contributed by atoms with E-state index in [4.69, 9.17) is 5.10 Å². The average Bonchev–Trinajstić information content (AvgIpc) is 3.47. The Morgan fingerprint density at radius 3 is 2.59 bits per heavy atom. The summed E-state index contributed by atoms with van der Waals surface area (Å²) in [6, 6.07) is 17.9. The van der Waals surface area contributed by atoms with E-state index >= 15 is 0 Å². The van der Waals surface area contributed by atoms with Crippen LogP contribution in [0.4, 0.5) is 4.39 Å². The molecule has 1 heterocycles. The van der Waals surface area contributed by atoms with E-state index in [2.05, 4.69) is 5.32 Å². The van der Waals surface area contributed by atoms with Crippen molar-refractivity contribution in [3.63, 3.8) is 0 Å². The zero-order valence-corrected chi connectivity index (χ0v) is 16.7. The maximum absolute atomic E-state index is 13.7. The molecule has 1 aliphatic carbocycles. The monoisotopic (exact) mass is 392 g/mol. The van der Waals surface area contributed by atoms with Crippen LogP contribution in [0.1, 0.15) is 46.5 Å². The number of amides is 1. The fraction of sp³-hybridized carbons (Fsp3) is 0.304. The molecule has 1 aromatic heterocycles. The highest BCUT2D eigenvalue weighted by molar-refractivity contribution is 5.93. The normalized spacial score (nSPS) is 14.8. The van der Waals surface area contributed by atoms with Gasteiger partial charge in [0.05, 0.1) is 17.4 Å². The van der Waals surface area contributed by atoms with Crippen LogP contribution >= 0.6 is 0 Å². The minimum absolute atomic E-state index is 0.134. The molecule has 0 spiro atoms. The Bertz CT molecular complexity index is 995. The number of rotatable bonds is 7. The largest absolute Gasteiger partial charge is 0.349 e. The molecule has 6 heteroatoms. The van der Waals surface area contributed by atoms with Gasteiger partial charge in [-0.15, -0.1) is 0 Å². The van der Waals surface area contributed by atoms with Crippen molar-refractivity contribution in [3.05, 3.63) is 83.4 Å². The fourth-order valence-electron chi connectivity index (χ4n) is 3.50. The molecule has 0 bridgehead atoms. The number of carbonyl (C=O) groups excluding carboxylic acids is 1. The predicted molar refractivity (Wildman–Crippen MR) is 111 cm³/mol. The highest BCUT2D eigenvalue weighted by Gasteiger charge is 2.29. The number of aromatic nitrogens is 2. The van der Waals surface area contributed by atoms with Crippen molar-refractivity contribution in [1.29, 1.82) is 0 Å². The van der Waals surface area contributed by atoms with E-state index in [0.717, 1.165) is 29.8 Å². The van der Waals surface area contributed by atoms with Crippen molar-refractivity contribution < 1.29 is 9.18 Å². The molecule has 3 aromatic rings. The molecule has 1 N–H and O–H groups in total. The van der Waals surface area contributed by atoms with Crippen molar-refractivity contribution in [3.8, 4) is 5.69 Å². The van der Waals surface area contributed by atoms with Crippen molar-refractivity contribution in [2.45, 2.75) is 24.8 Å². The Morgan fingerprint density at radius 1 is 1.17 bits per heavy atom. The standard InChI is InChI=1S/C23H25FN4O/c1-27(2)22(17-7-6-8-18(24)13-17)15-25-23(29)21-14-20(16-11-12-16)26-28(21)19-9-4-3-5-10-19/h3-10,13-14,16,22H,11-12,15H2,1-2H3,(H,25,29). The van der Waals surface area contributed by atoms with Gasteiger partial charge in [0.25, 0.3) is 5.91 Å². The summed E-state index contributed by atoms with van der Waals surface area (Å²) < 4.78 is 15.4. The van der Waals surface area contributed by atoms with E-state index in [1.807, 2.05) is 61.5 Å². The van der Waals surface area contributed by atoms with Gasteiger partial charge in [0.15, 0.2) is 0 Å². The second-order valence-corrected chi connectivity index (χ2v) is 7.72. The number of likely N-dealkylation sites (N-methyl/N-ethyl adjacent to an activating group) is 1. The van der Waals surface area contributed by atoms with Gasteiger partial charge in [-0.3, -0.25) is 4.79 Å². The summed E-state index contributed by atoms with van der Waals surface area (Å²) >= 11 is 0. The SMILES string of the molecule is CN(C)C(CNC(=O)c1cc(C2CC2)nn1-c1ccccc1)c1cccc(F)c1. The highest BCUT2D eigenvalue weighted by Crippen LogP contribution is 2.39. The third kappa shape index (κ3) is 4.38. The van der Waals surface area contributed by atoms with E-state index < -0.39 is 0 Å². The fourth-order valence-corrected chi connectivity index (χ4v) is 3.50. The predicted octanol–water partition coefficient (Wildman–Crippen LogP) is 3.92. The Morgan fingerprint density at radius 2 is 1.93 bits per heavy atom. The van der Waals surface area contributed by atoms with Gasteiger partial charge in [0.2, 0.25) is 0 Å². The van der Waals surface area contributed by atoms with Crippen molar-refractivity contribution in [1.82, 2.24) is 20.0 Å². The number of nitrogens with one attached hydrogen (secondary N) is 1. The topological polar surface area (TPSA) is 50.2 Å². The van der Waals surface area contributed by atoms with Crippen LogP contribution in [0.3, 0.4) is 0 Å². The zero-order valence-electron chi connectivity index (χ0n) is 16.7. The summed E-state index contributed by atoms with van der Waals surface area (Å²) in [7, 11) is 3.84. The molecule has 1 saturated carbocycles. The third-order valence-electron chi connectivity index (χ3n) is 5.27. The van der Waals surface area contributed by atoms with Gasteiger partial charge >= 0.3 is 0 Å². The first-order chi connectivity index (χ1) is 14.0. The Balaban J connectivity index is 1.56. The van der Waals surface area contributed by atoms with Crippen LogP contribution in [-0.2, 0) is 0 Å². The number of halogens is 1. The molecule has 5 nitrogen and oxygen atoms in total. The molecule has 4 rings (SSSR count). The second-order valence-electron chi connectivity index (χ2n) is 7.72. The Kier molecular flexibility index (Phi) is 5.45. The molecule has 1 aliphatic rings. The minimum atomic E-state index is -0.281. The van der Waals surface area contributed by atoms with Crippen molar-refractivity contribution in [2.75, 3.05) is 20.6 Å². The summed E-state index contributed by atoms with van der Waals surface area (Å²) in [6.07, 6.45) is 2.24. The molecule has 0 aliphatic heterocycles. The molecule has 2 aromatic carbocycles. The van der Waals surface area contributed by atoms with Crippen LogP contribution < -0.4 is 5.32 Å². The lowest BCUT2D eigenvalue weighted by atomic mass is 10.1. The maximum atomic E-state index is 13.7. The van der Waals surface area contributed by atoms with Gasteiger partial charge in [-0.1, -0.05) is 30.3 Å². The Hall–Kier alpha value is -2.99. The first-order valence-corrected chi connectivity index (χ1v) is 9.88. The maximum Gasteiger partial charge on any atom is 0.270 e. The molecule has 150 valence electrons. The van der Waals surface area contributed by atoms with E-state index in [1.165, 1.54) is 12.1 Å². The summed E-state index contributed by atoms with van der Waals surface area (Å²) in [4.78, 5) is 15.0. The number of benzene rings is 2. The molecule has 1 fully saturated rings. The van der Waals surface area contributed by atoms with Gasteiger partial charge in [-0.05, 0) is 62.8 Å². The van der Waals surface area contributed by atoms with Crippen LogP contribution in [0.15, 0.2) is 60.7 Å². The van der Waals surface area contributed by atoms with E-state index in [-0.39, 0.29) is 17.8 Å². The molecular formula is C23H25FN4O. The van der Waals surface area contributed by atoms with Gasteiger partial charge < -0.3 is 10.2 Å². The van der Waals surface area contributed by atoms with Gasteiger partial charge in [-0.25, -0.2) is 9.07 Å². The van der Waals surface area contributed by atoms with E-state index in [0.29, 0.717) is 18.2 Å². The van der Waals surface area contributed by atoms with Crippen LogP contribution in [0, 0.1) is 5.82 Å². The summed E-state index contributed by atoms with van der Waals surface area (Å²) in [5, 5.41) is 7.71. The molecular weight excluding hydrogens is 367 g/mol. The van der Waals surface area contributed by atoms with Gasteiger partial charge in [0, 0.05) is 12.5 Å². The summed E-state index contributed by atoms with van der Waals surface area (Å²) in [5.74, 6) is -0.0123. The highest BCUT2D eigenvalue weighted by atomic mass is 19.1. The number of hydrogen-bond acceptors (Lipinski definition) is 3. The number of hydrogen-bond donors (Lipinski definition) is 1. The van der Waals surface area contributed by atoms with Crippen molar-refractivity contribution in [2.24, 2.45) is 0 Å². The molecule has 0 radical (unpaired) electrons. The molecule has 1 amide bonds. The number of para-hydroxylation sites is 1. The first-order valence-electron chi connectivity index (χ1n) is 9.88. The lowest BCUT2D eigenvalue weighted by Crippen LogP contribution is -2.35. The quantitative estimate of drug-likeness (QED) is 0.663. The molecule has 0 saturated heterocycles. The molecule has 1 atom stereocenters. The number of carbonyl (C=O) groups is 1. The summed E-state index contributed by atoms with van der Waals surface area (Å²) in [6.45, 7) is 0.369. The lowest BCUT2D eigenvalue weighted by Gasteiger charge is -2.25. The number of nitrogens with zero attached hydrogens (tertiary/aromatic N) is 3. The van der Waals surface area contributed by atoms with Crippen LogP contribution in [-0.4, -0.2) is 41.2 Å². The molecule has 1 unspecified atom stereocenters. The third-order valence-corrected chi connectivity index (χ3v) is 5.27. The van der Waals surface area contributed by atoms with Crippen LogP contribution in [0.5, 0.6) is 0 Å². The van der Waals surface area contributed by atoms with Crippen molar-refractivity contribution >= 4 is 5.91 Å². The smallest absolute Gasteiger partial charge is 0.270 e. The average molecular weight is 392 g/mol. The van der Waals surface area contributed by atoms with Crippen LogP contribution in [0.2, 0.25) is 0 Å². The van der Waals surface area contributed by atoms with Crippen LogP contribution in [0.25, 0.3) is 5.69 Å². The first kappa shape index (κ1) is 19.3. The van der Waals surface area contributed by atoms with Gasteiger partial charge in [-0.2, -0.15) is 5.10 Å². The van der Waals surface area contributed by atoms with E-state index in [9.17, 15) is 9.18 Å². The second kappa shape index (κ2) is 8.17. The van der Waals surface area contributed by atoms with E-state index in [1.54, 1.807) is 10.7 Å².